The van der Waals surface area contributed by atoms with Gasteiger partial charge in [0.15, 0.2) is 6.61 Å². The molecule has 158 valence electrons. The van der Waals surface area contributed by atoms with Gasteiger partial charge in [-0.15, -0.1) is 0 Å². The van der Waals surface area contributed by atoms with E-state index >= 15 is 0 Å². The van der Waals surface area contributed by atoms with Gasteiger partial charge in [0.1, 0.15) is 5.82 Å². The summed E-state index contributed by atoms with van der Waals surface area (Å²) < 4.78 is 18.7. The average Bonchev–Trinajstić information content (AvgIpc) is 2.77. The van der Waals surface area contributed by atoms with Crippen molar-refractivity contribution < 1.29 is 18.7 Å². The normalized spacial score (nSPS) is 14.4. The molecule has 4 rings (SSSR count). The fourth-order valence-corrected chi connectivity index (χ4v) is 3.80. The molecule has 0 unspecified atom stereocenters. The maximum Gasteiger partial charge on any atom is 0.339 e. The zero-order chi connectivity index (χ0) is 22.0. The highest BCUT2D eigenvalue weighted by Crippen LogP contribution is 2.36. The minimum Gasteiger partial charge on any atom is -0.452 e. The minimum absolute atomic E-state index is 0.280. The molecule has 3 aromatic rings. The molecule has 0 saturated carbocycles. The summed E-state index contributed by atoms with van der Waals surface area (Å²) in [5, 5.41) is 0.714. The Kier molecular flexibility index (Phi) is 5.80. The molecule has 0 saturated heterocycles. The second-order valence-corrected chi connectivity index (χ2v) is 7.77. The maximum absolute atomic E-state index is 13.3. The van der Waals surface area contributed by atoms with E-state index in [1.807, 2.05) is 30.3 Å². The highest BCUT2D eigenvalue weighted by Gasteiger charge is 2.26. The largest absolute Gasteiger partial charge is 0.452 e. The van der Waals surface area contributed by atoms with Crippen molar-refractivity contribution in [3.05, 3.63) is 76.7 Å². The van der Waals surface area contributed by atoms with Crippen LogP contribution in [0, 0.1) is 5.82 Å². The van der Waals surface area contributed by atoms with E-state index in [0.717, 1.165) is 35.2 Å². The van der Waals surface area contributed by atoms with Crippen LogP contribution < -0.4 is 0 Å². The Morgan fingerprint density at radius 1 is 1.10 bits per heavy atom. The Morgan fingerprint density at radius 3 is 2.58 bits per heavy atom. The summed E-state index contributed by atoms with van der Waals surface area (Å²) in [6, 6.07) is 13.7. The van der Waals surface area contributed by atoms with Gasteiger partial charge in [-0.1, -0.05) is 30.3 Å². The average molecular weight is 418 g/mol. The van der Waals surface area contributed by atoms with Crippen molar-refractivity contribution in [2.45, 2.75) is 19.3 Å². The molecular weight excluding hydrogens is 395 g/mol. The number of ether oxygens (including phenoxy) is 1. The third-order valence-corrected chi connectivity index (χ3v) is 5.41. The van der Waals surface area contributed by atoms with Gasteiger partial charge in [-0.05, 0) is 60.2 Å². The number of fused-ring (bicyclic) bond motifs is 2. The standard InChI is InChI=1S/C25H23FN2O3/c1-28(2)22(29)15-31-25(30)23-19-7-3-4-9-21(19)27-24-17(6-5-8-20(23)24)14-16-10-12-18(26)13-11-16/h3-4,7,9-14H,5-6,8,15H2,1-2H3. The topological polar surface area (TPSA) is 59.5 Å². The van der Waals surface area contributed by atoms with Gasteiger partial charge in [-0.3, -0.25) is 4.79 Å². The van der Waals surface area contributed by atoms with Crippen molar-refractivity contribution in [2.24, 2.45) is 0 Å². The van der Waals surface area contributed by atoms with Gasteiger partial charge >= 0.3 is 5.97 Å². The number of carbonyl (C=O) groups excluding carboxylic acids is 2. The van der Waals surface area contributed by atoms with E-state index in [2.05, 4.69) is 0 Å². The summed E-state index contributed by atoms with van der Waals surface area (Å²) >= 11 is 0. The predicted octanol–water partition coefficient (Wildman–Crippen LogP) is 4.50. The zero-order valence-corrected chi connectivity index (χ0v) is 17.5. The van der Waals surface area contributed by atoms with Crippen molar-refractivity contribution in [3.63, 3.8) is 0 Å². The Morgan fingerprint density at radius 2 is 1.84 bits per heavy atom. The van der Waals surface area contributed by atoms with E-state index in [-0.39, 0.29) is 18.3 Å². The molecule has 1 aromatic heterocycles. The van der Waals surface area contributed by atoms with Gasteiger partial charge in [0.2, 0.25) is 0 Å². The molecule has 1 heterocycles. The molecule has 1 aliphatic rings. The van der Waals surface area contributed by atoms with Crippen LogP contribution in [0.1, 0.15) is 40.0 Å². The number of benzene rings is 2. The van der Waals surface area contributed by atoms with Gasteiger partial charge < -0.3 is 9.64 Å². The highest BCUT2D eigenvalue weighted by molar-refractivity contribution is 6.07. The van der Waals surface area contributed by atoms with Crippen LogP contribution in [0.15, 0.2) is 48.5 Å². The van der Waals surface area contributed by atoms with E-state index in [1.165, 1.54) is 17.0 Å². The van der Waals surface area contributed by atoms with Crippen LogP contribution in [0.25, 0.3) is 22.6 Å². The van der Waals surface area contributed by atoms with Crippen LogP contribution in [-0.2, 0) is 16.0 Å². The number of hydrogen-bond acceptors (Lipinski definition) is 4. The molecule has 0 spiro atoms. The number of esters is 1. The van der Waals surface area contributed by atoms with Crippen LogP contribution in [0.2, 0.25) is 0 Å². The number of pyridine rings is 1. The third kappa shape index (κ3) is 4.33. The van der Waals surface area contributed by atoms with Crippen molar-refractivity contribution in [1.82, 2.24) is 9.88 Å². The number of nitrogens with zero attached hydrogens (tertiary/aromatic N) is 2. The molecule has 0 bridgehead atoms. The highest BCUT2D eigenvalue weighted by atomic mass is 19.1. The summed E-state index contributed by atoms with van der Waals surface area (Å²) in [7, 11) is 3.23. The second-order valence-electron chi connectivity index (χ2n) is 7.77. The molecule has 2 aromatic carbocycles. The Balaban J connectivity index is 1.80. The summed E-state index contributed by atoms with van der Waals surface area (Å²) in [5.41, 5.74) is 4.63. The van der Waals surface area contributed by atoms with Gasteiger partial charge in [-0.25, -0.2) is 14.2 Å². The van der Waals surface area contributed by atoms with Crippen molar-refractivity contribution >= 4 is 34.4 Å². The third-order valence-electron chi connectivity index (χ3n) is 5.41. The van der Waals surface area contributed by atoms with Crippen LogP contribution in [0.5, 0.6) is 0 Å². The van der Waals surface area contributed by atoms with Crippen LogP contribution in [0.3, 0.4) is 0 Å². The van der Waals surface area contributed by atoms with Gasteiger partial charge in [0.25, 0.3) is 5.91 Å². The quantitative estimate of drug-likeness (QED) is 0.586. The van der Waals surface area contributed by atoms with Gasteiger partial charge in [0.05, 0.1) is 16.8 Å². The lowest BCUT2D eigenvalue weighted by Gasteiger charge is -2.22. The van der Waals surface area contributed by atoms with Crippen molar-refractivity contribution in [1.29, 1.82) is 0 Å². The maximum atomic E-state index is 13.3. The molecule has 0 radical (unpaired) electrons. The first kappa shape index (κ1) is 20.7. The monoisotopic (exact) mass is 418 g/mol. The number of hydrogen-bond donors (Lipinski definition) is 0. The molecule has 1 aliphatic carbocycles. The summed E-state index contributed by atoms with van der Waals surface area (Å²) in [4.78, 5) is 31.2. The van der Waals surface area contributed by atoms with Crippen molar-refractivity contribution in [3.8, 4) is 0 Å². The number of carbonyl (C=O) groups is 2. The first-order valence-electron chi connectivity index (χ1n) is 10.2. The lowest BCUT2D eigenvalue weighted by atomic mass is 9.86. The van der Waals surface area contributed by atoms with Crippen molar-refractivity contribution in [2.75, 3.05) is 20.7 Å². The number of aromatic nitrogens is 1. The number of amides is 1. The smallest absolute Gasteiger partial charge is 0.339 e. The van der Waals surface area contributed by atoms with Gasteiger partial charge in [0, 0.05) is 19.5 Å². The van der Waals surface area contributed by atoms with E-state index < -0.39 is 5.97 Å². The lowest BCUT2D eigenvalue weighted by Crippen LogP contribution is -2.28. The molecule has 1 amide bonds. The summed E-state index contributed by atoms with van der Waals surface area (Å²) in [5.74, 6) is -1.09. The first-order chi connectivity index (χ1) is 14.9. The van der Waals surface area contributed by atoms with Gasteiger partial charge in [-0.2, -0.15) is 0 Å². The molecular formula is C25H23FN2O3. The molecule has 0 N–H and O–H groups in total. The lowest BCUT2D eigenvalue weighted by molar-refractivity contribution is -0.131. The van der Waals surface area contributed by atoms with Crippen LogP contribution >= 0.6 is 0 Å². The molecule has 6 heteroatoms. The van der Waals surface area contributed by atoms with E-state index in [4.69, 9.17) is 9.72 Å². The SMILES string of the molecule is CN(C)C(=O)COC(=O)c1c2c(nc3ccccc13)C(=Cc1ccc(F)cc1)CCC2. The van der Waals surface area contributed by atoms with E-state index in [0.29, 0.717) is 22.9 Å². The zero-order valence-electron chi connectivity index (χ0n) is 17.5. The number of likely N-dealkylation sites (N-methyl/N-ethyl adjacent to an activating group) is 1. The summed E-state index contributed by atoms with van der Waals surface area (Å²) in [6.07, 6.45) is 4.35. The number of para-hydroxylation sites is 1. The first-order valence-corrected chi connectivity index (χ1v) is 10.2. The number of allylic oxidation sites excluding steroid dienone is 1. The van der Waals surface area contributed by atoms with Crippen LogP contribution in [0.4, 0.5) is 4.39 Å². The van der Waals surface area contributed by atoms with E-state index in [1.54, 1.807) is 26.2 Å². The Bertz CT molecular complexity index is 1180. The molecule has 0 fully saturated rings. The summed E-state index contributed by atoms with van der Waals surface area (Å²) in [6.45, 7) is -0.310. The molecule has 0 atom stereocenters. The second kappa shape index (κ2) is 8.68. The van der Waals surface area contributed by atoms with Crippen LogP contribution in [-0.4, -0.2) is 42.5 Å². The predicted molar refractivity (Wildman–Crippen MR) is 118 cm³/mol. The molecule has 31 heavy (non-hydrogen) atoms. The molecule has 0 aliphatic heterocycles. The Labute approximate surface area is 180 Å². The molecule has 5 nitrogen and oxygen atoms in total. The Hall–Kier alpha value is -3.54. The van der Waals surface area contributed by atoms with E-state index in [9.17, 15) is 14.0 Å². The fraction of sp³-hybridized carbons (Fsp3) is 0.240. The minimum atomic E-state index is -0.520. The number of rotatable bonds is 4. The number of halogens is 1. The fourth-order valence-electron chi connectivity index (χ4n) is 3.80.